The zero-order chi connectivity index (χ0) is 33.3. The molecule has 0 aromatic heterocycles. The molecule has 1 fully saturated rings. The van der Waals surface area contributed by atoms with Crippen molar-refractivity contribution in [3.05, 3.63) is 89.0 Å². The second-order valence-corrected chi connectivity index (χ2v) is 11.1. The van der Waals surface area contributed by atoms with E-state index in [1.165, 1.54) is 55.0 Å². The number of methoxy groups -OCH3 is 1. The van der Waals surface area contributed by atoms with Crippen LogP contribution in [0.5, 0.6) is 5.75 Å². The molecule has 0 bridgehead atoms. The highest BCUT2D eigenvalue weighted by molar-refractivity contribution is 6.02. The van der Waals surface area contributed by atoms with E-state index in [2.05, 4.69) is 10.6 Å². The van der Waals surface area contributed by atoms with Crippen LogP contribution in [0.25, 0.3) is 0 Å². The highest BCUT2D eigenvalue weighted by Crippen LogP contribution is 2.35. The summed E-state index contributed by atoms with van der Waals surface area (Å²) in [5.41, 5.74) is 1.55. The van der Waals surface area contributed by atoms with Gasteiger partial charge in [-0.2, -0.15) is 13.2 Å². The number of amides is 3. The van der Waals surface area contributed by atoms with Gasteiger partial charge in [0.1, 0.15) is 5.75 Å². The molecule has 0 heterocycles. The molecular weight excluding hydrogens is 603 g/mol. The van der Waals surface area contributed by atoms with Crippen molar-refractivity contribution in [2.75, 3.05) is 30.5 Å². The van der Waals surface area contributed by atoms with E-state index in [4.69, 9.17) is 9.47 Å². The molecule has 3 amide bonds. The van der Waals surface area contributed by atoms with Crippen molar-refractivity contribution in [1.82, 2.24) is 5.32 Å². The van der Waals surface area contributed by atoms with Gasteiger partial charge in [-0.05, 0) is 73.2 Å². The fourth-order valence-electron chi connectivity index (χ4n) is 5.34. The molecule has 1 saturated carbocycles. The number of urea groups is 1. The predicted molar refractivity (Wildman–Crippen MR) is 167 cm³/mol. The second kappa shape index (κ2) is 15.6. The Hall–Kier alpha value is -4.58. The van der Waals surface area contributed by atoms with E-state index in [9.17, 15) is 32.7 Å². The van der Waals surface area contributed by atoms with Gasteiger partial charge >= 0.3 is 18.2 Å². The molecule has 3 N–H and O–H groups in total. The first-order valence-electron chi connectivity index (χ1n) is 15.1. The summed E-state index contributed by atoms with van der Waals surface area (Å²) >= 11 is 0. The van der Waals surface area contributed by atoms with Crippen LogP contribution in [0.1, 0.15) is 72.0 Å². The minimum atomic E-state index is -4.65. The standard InChI is InChI=1S/C34H38F3N3O6/c1-3-46-32(43)30(41)20-38-31(42)25-11-9-22(10-12-25)21-40(28-15-13-24(14-16-28)23-7-5-4-6-8-23)33(44)39-27-17-26(34(35,36)37)18-29(19-27)45-2/h9-19,23,30,41H,3-8,20-21H2,1-2H3,(H,38,42)(H,39,44). The summed E-state index contributed by atoms with van der Waals surface area (Å²) in [7, 11) is 1.24. The number of rotatable bonds is 11. The lowest BCUT2D eigenvalue weighted by Gasteiger charge is -2.26. The van der Waals surface area contributed by atoms with Crippen LogP contribution >= 0.6 is 0 Å². The molecule has 0 aliphatic heterocycles. The average Bonchev–Trinajstić information content (AvgIpc) is 3.06. The number of alkyl halides is 3. The van der Waals surface area contributed by atoms with Crippen LogP contribution in [0.15, 0.2) is 66.7 Å². The third-order valence-electron chi connectivity index (χ3n) is 7.82. The smallest absolute Gasteiger partial charge is 0.416 e. The SMILES string of the molecule is CCOC(=O)C(O)CNC(=O)c1ccc(CN(C(=O)Nc2cc(OC)cc(C(F)(F)F)c2)c2ccc(C3CCCCC3)cc2)cc1. The van der Waals surface area contributed by atoms with E-state index in [0.29, 0.717) is 17.2 Å². The van der Waals surface area contributed by atoms with Crippen molar-refractivity contribution in [2.45, 2.75) is 63.8 Å². The number of hydrogen-bond acceptors (Lipinski definition) is 6. The number of benzene rings is 3. The van der Waals surface area contributed by atoms with Gasteiger partial charge in [0.05, 0.1) is 32.4 Å². The Labute approximate surface area is 265 Å². The van der Waals surface area contributed by atoms with Crippen molar-refractivity contribution in [2.24, 2.45) is 0 Å². The van der Waals surface area contributed by atoms with Crippen molar-refractivity contribution in [3.63, 3.8) is 0 Å². The molecular formula is C34H38F3N3O6. The van der Waals surface area contributed by atoms with Crippen LogP contribution in [0.3, 0.4) is 0 Å². The zero-order valence-corrected chi connectivity index (χ0v) is 25.7. The monoisotopic (exact) mass is 641 g/mol. The van der Waals surface area contributed by atoms with Crippen molar-refractivity contribution >= 4 is 29.3 Å². The number of anilines is 2. The lowest BCUT2D eigenvalue weighted by molar-refractivity contribution is -0.152. The molecule has 1 aliphatic rings. The van der Waals surface area contributed by atoms with Crippen LogP contribution in [-0.4, -0.2) is 49.4 Å². The Morgan fingerprint density at radius 1 is 0.978 bits per heavy atom. The summed E-state index contributed by atoms with van der Waals surface area (Å²) in [5.74, 6) is -0.981. The molecule has 3 aromatic carbocycles. The number of esters is 1. The van der Waals surface area contributed by atoms with Gasteiger partial charge in [0.2, 0.25) is 0 Å². The van der Waals surface area contributed by atoms with E-state index in [-0.39, 0.29) is 36.7 Å². The first-order valence-corrected chi connectivity index (χ1v) is 15.1. The van der Waals surface area contributed by atoms with Crippen LogP contribution < -0.4 is 20.3 Å². The molecule has 1 atom stereocenters. The first-order chi connectivity index (χ1) is 22.0. The maximum atomic E-state index is 13.7. The van der Waals surface area contributed by atoms with Gasteiger partial charge in [0.15, 0.2) is 6.10 Å². The molecule has 9 nitrogen and oxygen atoms in total. The van der Waals surface area contributed by atoms with Gasteiger partial charge in [-0.3, -0.25) is 9.69 Å². The number of nitrogens with one attached hydrogen (secondary N) is 2. The maximum absolute atomic E-state index is 13.7. The molecule has 0 saturated heterocycles. The summed E-state index contributed by atoms with van der Waals surface area (Å²) in [6, 6.07) is 16.3. The molecule has 4 rings (SSSR count). The highest BCUT2D eigenvalue weighted by atomic mass is 19.4. The Balaban J connectivity index is 1.54. The van der Waals surface area contributed by atoms with Gasteiger partial charge in [0.25, 0.3) is 5.91 Å². The quantitative estimate of drug-likeness (QED) is 0.202. The second-order valence-electron chi connectivity index (χ2n) is 11.1. The van der Waals surface area contributed by atoms with E-state index in [1.807, 2.05) is 24.3 Å². The predicted octanol–water partition coefficient (Wildman–Crippen LogP) is 6.65. The Morgan fingerprint density at radius 2 is 1.65 bits per heavy atom. The highest BCUT2D eigenvalue weighted by Gasteiger charge is 2.32. The van der Waals surface area contributed by atoms with Crippen molar-refractivity contribution in [3.8, 4) is 5.75 Å². The molecule has 1 aliphatic carbocycles. The number of ether oxygens (including phenoxy) is 2. The number of carbonyl (C=O) groups is 3. The normalized spacial score (nSPS) is 14.2. The molecule has 3 aromatic rings. The van der Waals surface area contributed by atoms with Crippen LogP contribution in [0, 0.1) is 0 Å². The van der Waals surface area contributed by atoms with Gasteiger partial charge in [-0.25, -0.2) is 9.59 Å². The van der Waals surface area contributed by atoms with E-state index in [0.717, 1.165) is 25.0 Å². The molecule has 12 heteroatoms. The molecule has 246 valence electrons. The summed E-state index contributed by atoms with van der Waals surface area (Å²) in [5, 5.41) is 14.9. The van der Waals surface area contributed by atoms with Crippen LogP contribution in [-0.2, 0) is 22.3 Å². The van der Waals surface area contributed by atoms with Crippen LogP contribution in [0.4, 0.5) is 29.3 Å². The number of halogens is 3. The Bertz CT molecular complexity index is 1490. The van der Waals surface area contributed by atoms with Crippen molar-refractivity contribution in [1.29, 1.82) is 0 Å². The fraction of sp³-hybridized carbons (Fsp3) is 0.382. The molecule has 1 unspecified atom stereocenters. The minimum Gasteiger partial charge on any atom is -0.497 e. The Morgan fingerprint density at radius 3 is 2.26 bits per heavy atom. The zero-order valence-electron chi connectivity index (χ0n) is 25.7. The number of aliphatic hydroxyl groups is 1. The van der Waals surface area contributed by atoms with Crippen LogP contribution in [0.2, 0.25) is 0 Å². The van der Waals surface area contributed by atoms with Gasteiger partial charge in [0, 0.05) is 23.0 Å². The fourth-order valence-corrected chi connectivity index (χ4v) is 5.34. The number of hydrogen-bond donors (Lipinski definition) is 3. The lowest BCUT2D eigenvalue weighted by Crippen LogP contribution is -2.37. The largest absolute Gasteiger partial charge is 0.497 e. The van der Waals surface area contributed by atoms with E-state index < -0.39 is 35.8 Å². The average molecular weight is 642 g/mol. The summed E-state index contributed by atoms with van der Waals surface area (Å²) in [4.78, 5) is 39.2. The van der Waals surface area contributed by atoms with Crippen molar-refractivity contribution < 1.29 is 42.1 Å². The lowest BCUT2D eigenvalue weighted by atomic mass is 9.84. The minimum absolute atomic E-state index is 0.0359. The number of carbonyl (C=O) groups excluding carboxylic acids is 3. The third kappa shape index (κ3) is 9.23. The summed E-state index contributed by atoms with van der Waals surface area (Å²) < 4.78 is 50.3. The van der Waals surface area contributed by atoms with Gasteiger partial charge in [-0.15, -0.1) is 0 Å². The van der Waals surface area contributed by atoms with Gasteiger partial charge < -0.3 is 25.2 Å². The third-order valence-corrected chi connectivity index (χ3v) is 7.82. The topological polar surface area (TPSA) is 117 Å². The van der Waals surface area contributed by atoms with E-state index >= 15 is 0 Å². The number of aliphatic hydroxyl groups excluding tert-OH is 1. The van der Waals surface area contributed by atoms with E-state index in [1.54, 1.807) is 19.1 Å². The summed E-state index contributed by atoms with van der Waals surface area (Å²) in [6.07, 6.45) is -0.392. The first kappa shape index (κ1) is 34.3. The number of nitrogens with zero attached hydrogens (tertiary/aromatic N) is 1. The molecule has 0 radical (unpaired) electrons. The van der Waals surface area contributed by atoms with Gasteiger partial charge in [-0.1, -0.05) is 43.5 Å². The Kier molecular flexibility index (Phi) is 11.6. The molecule has 0 spiro atoms. The summed E-state index contributed by atoms with van der Waals surface area (Å²) in [6.45, 7) is 1.41. The maximum Gasteiger partial charge on any atom is 0.416 e. The molecule has 46 heavy (non-hydrogen) atoms.